The summed E-state index contributed by atoms with van der Waals surface area (Å²) in [5, 5.41) is 10.6. The van der Waals surface area contributed by atoms with E-state index in [1.54, 1.807) is 10.7 Å². The van der Waals surface area contributed by atoms with Gasteiger partial charge in [0.2, 0.25) is 0 Å². The van der Waals surface area contributed by atoms with E-state index in [2.05, 4.69) is 15.6 Å². The van der Waals surface area contributed by atoms with Crippen LogP contribution < -0.4 is 5.32 Å². The number of hydrogen-bond donors (Lipinski definition) is 1. The Bertz CT molecular complexity index is 954. The number of halogens is 3. The van der Waals surface area contributed by atoms with E-state index < -0.39 is 23.7 Å². The van der Waals surface area contributed by atoms with Crippen LogP contribution >= 0.6 is 0 Å². The van der Waals surface area contributed by atoms with Crippen molar-refractivity contribution in [1.82, 2.24) is 20.3 Å². The zero-order valence-corrected chi connectivity index (χ0v) is 15.9. The molecule has 1 amide bonds. The monoisotopic (exact) mass is 402 g/mol. The van der Waals surface area contributed by atoms with Crippen molar-refractivity contribution >= 4 is 5.91 Å². The van der Waals surface area contributed by atoms with Gasteiger partial charge in [0.25, 0.3) is 5.91 Å². The summed E-state index contributed by atoms with van der Waals surface area (Å²) in [5.74, 6) is -0.472. The summed E-state index contributed by atoms with van der Waals surface area (Å²) >= 11 is 0. The van der Waals surface area contributed by atoms with Crippen LogP contribution in [0.4, 0.5) is 13.2 Å². The fourth-order valence-corrected chi connectivity index (χ4v) is 3.02. The molecule has 1 heterocycles. The van der Waals surface area contributed by atoms with Crippen LogP contribution in [0.3, 0.4) is 0 Å². The molecule has 1 atom stereocenters. The quantitative estimate of drug-likeness (QED) is 0.628. The average Bonchev–Trinajstić information content (AvgIpc) is 3.16. The fourth-order valence-electron chi connectivity index (χ4n) is 3.02. The molecule has 0 spiro atoms. The van der Waals surface area contributed by atoms with Crippen LogP contribution in [0.2, 0.25) is 0 Å². The Morgan fingerprint density at radius 1 is 1.14 bits per heavy atom. The van der Waals surface area contributed by atoms with Crippen LogP contribution in [0.1, 0.15) is 53.0 Å². The number of benzene rings is 2. The number of amides is 1. The zero-order chi connectivity index (χ0) is 20.9. The lowest BCUT2D eigenvalue weighted by atomic mass is 9.99. The number of alkyl halides is 3. The summed E-state index contributed by atoms with van der Waals surface area (Å²) in [6, 6.07) is 14.1. The van der Waals surface area contributed by atoms with Gasteiger partial charge >= 0.3 is 6.18 Å². The van der Waals surface area contributed by atoms with Gasteiger partial charge in [0.1, 0.15) is 0 Å². The maximum atomic E-state index is 13.0. The summed E-state index contributed by atoms with van der Waals surface area (Å²) in [4.78, 5) is 12.6. The second-order valence-electron chi connectivity index (χ2n) is 6.72. The van der Waals surface area contributed by atoms with Crippen molar-refractivity contribution in [3.63, 3.8) is 0 Å². The predicted octanol–water partition coefficient (Wildman–Crippen LogP) is 4.62. The van der Waals surface area contributed by atoms with Gasteiger partial charge in [0.15, 0.2) is 5.69 Å². The Kier molecular flexibility index (Phi) is 6.31. The zero-order valence-electron chi connectivity index (χ0n) is 15.9. The fraction of sp³-hybridized carbons (Fsp3) is 0.286. The lowest BCUT2D eigenvalue weighted by Crippen LogP contribution is -2.29. The largest absolute Gasteiger partial charge is 0.416 e. The summed E-state index contributed by atoms with van der Waals surface area (Å²) in [6.45, 7) is 2.37. The lowest BCUT2D eigenvalue weighted by molar-refractivity contribution is -0.137. The van der Waals surface area contributed by atoms with Crippen molar-refractivity contribution < 1.29 is 18.0 Å². The molecule has 0 radical (unpaired) electrons. The third-order valence-corrected chi connectivity index (χ3v) is 4.46. The van der Waals surface area contributed by atoms with Gasteiger partial charge < -0.3 is 5.32 Å². The van der Waals surface area contributed by atoms with Crippen LogP contribution in [0.5, 0.6) is 0 Å². The molecule has 152 valence electrons. The van der Waals surface area contributed by atoms with Gasteiger partial charge in [-0.25, -0.2) is 4.68 Å². The maximum Gasteiger partial charge on any atom is 0.416 e. The molecular formula is C21H21F3N4O. The Labute approximate surface area is 166 Å². The Morgan fingerprint density at radius 3 is 2.59 bits per heavy atom. The molecular weight excluding hydrogens is 381 g/mol. The molecule has 0 saturated heterocycles. The van der Waals surface area contributed by atoms with Gasteiger partial charge in [-0.05, 0) is 29.7 Å². The van der Waals surface area contributed by atoms with Crippen molar-refractivity contribution in [2.75, 3.05) is 0 Å². The minimum atomic E-state index is -4.43. The lowest BCUT2D eigenvalue weighted by Gasteiger charge is -2.19. The van der Waals surface area contributed by atoms with E-state index in [1.165, 1.54) is 12.3 Å². The highest BCUT2D eigenvalue weighted by molar-refractivity contribution is 5.92. The summed E-state index contributed by atoms with van der Waals surface area (Å²) in [7, 11) is 0. The first kappa shape index (κ1) is 20.6. The van der Waals surface area contributed by atoms with Gasteiger partial charge in [-0.15, -0.1) is 5.10 Å². The average molecular weight is 402 g/mol. The molecule has 0 aliphatic rings. The molecule has 8 heteroatoms. The van der Waals surface area contributed by atoms with Gasteiger partial charge in [0, 0.05) is 0 Å². The third kappa shape index (κ3) is 5.43. The molecule has 0 saturated carbocycles. The van der Waals surface area contributed by atoms with E-state index >= 15 is 0 Å². The van der Waals surface area contributed by atoms with Crippen LogP contribution in [0.15, 0.2) is 60.8 Å². The number of aromatic nitrogens is 3. The number of nitrogens with zero attached hydrogens (tertiary/aromatic N) is 3. The number of rotatable bonds is 7. The normalized spacial score (nSPS) is 12.6. The second-order valence-corrected chi connectivity index (χ2v) is 6.72. The van der Waals surface area contributed by atoms with E-state index in [9.17, 15) is 18.0 Å². The van der Waals surface area contributed by atoms with Crippen molar-refractivity contribution in [1.29, 1.82) is 0 Å². The molecule has 0 bridgehead atoms. The highest BCUT2D eigenvalue weighted by atomic mass is 19.4. The van der Waals surface area contributed by atoms with Crippen LogP contribution in [-0.2, 0) is 12.7 Å². The van der Waals surface area contributed by atoms with E-state index in [1.807, 2.05) is 37.3 Å². The van der Waals surface area contributed by atoms with Crippen molar-refractivity contribution in [2.45, 2.75) is 38.5 Å². The van der Waals surface area contributed by atoms with Crippen LogP contribution in [0.25, 0.3) is 0 Å². The maximum absolute atomic E-state index is 13.0. The SMILES string of the molecule is CCCC(NC(=O)c1cn(Cc2ccccc2)nn1)c1cccc(C(F)(F)F)c1. The van der Waals surface area contributed by atoms with E-state index in [-0.39, 0.29) is 5.69 Å². The minimum absolute atomic E-state index is 0.119. The molecule has 1 N–H and O–H groups in total. The number of hydrogen-bond acceptors (Lipinski definition) is 3. The first-order valence-corrected chi connectivity index (χ1v) is 9.29. The highest BCUT2D eigenvalue weighted by Crippen LogP contribution is 2.31. The smallest absolute Gasteiger partial charge is 0.344 e. The number of nitrogens with one attached hydrogen (secondary N) is 1. The topological polar surface area (TPSA) is 59.8 Å². The summed E-state index contributed by atoms with van der Waals surface area (Å²) in [5.41, 5.74) is 0.803. The van der Waals surface area contributed by atoms with Gasteiger partial charge in [0.05, 0.1) is 24.3 Å². The van der Waals surface area contributed by atoms with Crippen molar-refractivity contribution in [3.05, 3.63) is 83.2 Å². The summed E-state index contributed by atoms with van der Waals surface area (Å²) in [6.07, 6.45) is -1.71. The number of carbonyl (C=O) groups is 1. The summed E-state index contributed by atoms with van der Waals surface area (Å²) < 4.78 is 40.6. The molecule has 0 fully saturated rings. The molecule has 0 aliphatic heterocycles. The van der Waals surface area contributed by atoms with E-state index in [4.69, 9.17) is 0 Å². The van der Waals surface area contributed by atoms with E-state index in [0.717, 1.165) is 17.7 Å². The minimum Gasteiger partial charge on any atom is -0.344 e. The Morgan fingerprint density at radius 2 is 1.90 bits per heavy atom. The molecule has 3 rings (SSSR count). The first-order valence-electron chi connectivity index (χ1n) is 9.29. The molecule has 3 aromatic rings. The molecule has 2 aromatic carbocycles. The predicted molar refractivity (Wildman–Crippen MR) is 102 cm³/mol. The first-order chi connectivity index (χ1) is 13.9. The van der Waals surface area contributed by atoms with Crippen LogP contribution in [0, 0.1) is 0 Å². The number of carbonyl (C=O) groups excluding carboxylic acids is 1. The van der Waals surface area contributed by atoms with E-state index in [0.29, 0.717) is 24.9 Å². The standard InChI is InChI=1S/C21H21F3N4O/c1-2-7-18(16-10-6-11-17(12-16)21(22,23)24)25-20(29)19-14-28(27-26-19)13-15-8-4-3-5-9-15/h3-6,8-12,14,18H,2,7,13H2,1H3,(H,25,29). The third-order valence-electron chi connectivity index (χ3n) is 4.46. The molecule has 1 aromatic heterocycles. The van der Waals surface area contributed by atoms with Gasteiger partial charge in [-0.2, -0.15) is 13.2 Å². The second kappa shape index (κ2) is 8.89. The van der Waals surface area contributed by atoms with Crippen molar-refractivity contribution in [2.24, 2.45) is 0 Å². The Hall–Kier alpha value is -3.16. The van der Waals surface area contributed by atoms with Crippen LogP contribution in [-0.4, -0.2) is 20.9 Å². The molecule has 0 aliphatic carbocycles. The van der Waals surface area contributed by atoms with Gasteiger partial charge in [-0.3, -0.25) is 4.79 Å². The Balaban J connectivity index is 1.73. The molecule has 5 nitrogen and oxygen atoms in total. The molecule has 29 heavy (non-hydrogen) atoms. The van der Waals surface area contributed by atoms with Gasteiger partial charge in [-0.1, -0.05) is 61.0 Å². The highest BCUT2D eigenvalue weighted by Gasteiger charge is 2.31. The van der Waals surface area contributed by atoms with Crippen molar-refractivity contribution in [3.8, 4) is 0 Å². The molecule has 1 unspecified atom stereocenters.